The third-order valence-electron chi connectivity index (χ3n) is 4.09. The molecule has 1 amide bonds. The van der Waals surface area contributed by atoms with Gasteiger partial charge in [0.1, 0.15) is 11.3 Å². The van der Waals surface area contributed by atoms with Gasteiger partial charge in [-0.3, -0.25) is 4.79 Å². The van der Waals surface area contributed by atoms with E-state index in [4.69, 9.17) is 11.6 Å². The summed E-state index contributed by atoms with van der Waals surface area (Å²) in [5, 5.41) is 7.63. The van der Waals surface area contributed by atoms with Crippen molar-refractivity contribution in [2.24, 2.45) is 0 Å². The van der Waals surface area contributed by atoms with Crippen molar-refractivity contribution in [1.29, 1.82) is 0 Å². The molecule has 114 valence electrons. The summed E-state index contributed by atoms with van der Waals surface area (Å²) in [6, 6.07) is 15.4. The molecular formula is C18H14ClN3O. The van der Waals surface area contributed by atoms with E-state index in [1.165, 1.54) is 0 Å². The summed E-state index contributed by atoms with van der Waals surface area (Å²) in [5.41, 5.74) is 4.13. The minimum atomic E-state index is -0.401. The molecule has 1 aromatic heterocycles. The fourth-order valence-electron chi connectivity index (χ4n) is 2.91. The van der Waals surface area contributed by atoms with Crippen molar-refractivity contribution >= 4 is 34.1 Å². The number of fused-ring (bicyclic) bond motifs is 2. The number of benzene rings is 2. The molecule has 1 atom stereocenters. The average Bonchev–Trinajstić information content (AvgIpc) is 2.55. The van der Waals surface area contributed by atoms with Crippen LogP contribution in [-0.4, -0.2) is 10.9 Å². The minimum Gasteiger partial charge on any atom is -0.361 e. The molecular weight excluding hydrogens is 310 g/mol. The van der Waals surface area contributed by atoms with Gasteiger partial charge in [-0.2, -0.15) is 0 Å². The van der Waals surface area contributed by atoms with E-state index >= 15 is 0 Å². The topological polar surface area (TPSA) is 54.0 Å². The second-order valence-corrected chi connectivity index (χ2v) is 5.97. The van der Waals surface area contributed by atoms with Crippen LogP contribution in [0.2, 0.25) is 5.15 Å². The van der Waals surface area contributed by atoms with E-state index in [0.717, 1.165) is 27.7 Å². The van der Waals surface area contributed by atoms with E-state index in [1.807, 2.05) is 49.4 Å². The molecule has 2 aromatic carbocycles. The monoisotopic (exact) mass is 323 g/mol. The maximum absolute atomic E-state index is 12.3. The Balaban J connectivity index is 1.81. The van der Waals surface area contributed by atoms with E-state index < -0.39 is 6.17 Å². The third-order valence-corrected chi connectivity index (χ3v) is 4.39. The first kappa shape index (κ1) is 14.0. The zero-order chi connectivity index (χ0) is 16.0. The highest BCUT2D eigenvalue weighted by atomic mass is 35.5. The van der Waals surface area contributed by atoms with Crippen molar-refractivity contribution in [1.82, 2.24) is 10.3 Å². The van der Waals surface area contributed by atoms with Gasteiger partial charge in [-0.25, -0.2) is 4.98 Å². The largest absolute Gasteiger partial charge is 0.361 e. The first-order valence-corrected chi connectivity index (χ1v) is 7.73. The number of nitrogens with one attached hydrogen (secondary N) is 2. The van der Waals surface area contributed by atoms with Gasteiger partial charge in [-0.15, -0.1) is 0 Å². The SMILES string of the molecule is Cc1cccc2cc(C3NC(=O)c4ccccc4N3)c(Cl)nc12. The highest BCUT2D eigenvalue weighted by molar-refractivity contribution is 6.30. The molecule has 0 bridgehead atoms. The number of halogens is 1. The number of hydrogen-bond acceptors (Lipinski definition) is 3. The van der Waals surface area contributed by atoms with Crippen LogP contribution >= 0.6 is 11.6 Å². The maximum atomic E-state index is 12.3. The molecule has 1 aliphatic heterocycles. The van der Waals surface area contributed by atoms with Crippen LogP contribution in [0.25, 0.3) is 10.9 Å². The Kier molecular flexibility index (Phi) is 3.20. The molecule has 4 rings (SSSR count). The fourth-order valence-corrected chi connectivity index (χ4v) is 3.15. The quantitative estimate of drug-likeness (QED) is 0.664. The summed E-state index contributed by atoms with van der Waals surface area (Å²) in [7, 11) is 0. The molecule has 0 aliphatic carbocycles. The Morgan fingerprint density at radius 2 is 1.91 bits per heavy atom. The number of anilines is 1. The fraction of sp³-hybridized carbons (Fsp3) is 0.111. The summed E-state index contributed by atoms with van der Waals surface area (Å²) < 4.78 is 0. The first-order chi connectivity index (χ1) is 11.1. The Labute approximate surface area is 138 Å². The van der Waals surface area contributed by atoms with Crippen molar-refractivity contribution in [2.45, 2.75) is 13.1 Å². The van der Waals surface area contributed by atoms with E-state index in [9.17, 15) is 4.79 Å². The number of amides is 1. The number of hydrogen-bond donors (Lipinski definition) is 2. The van der Waals surface area contributed by atoms with Crippen LogP contribution < -0.4 is 10.6 Å². The molecule has 1 aliphatic rings. The molecule has 0 spiro atoms. The molecule has 23 heavy (non-hydrogen) atoms. The summed E-state index contributed by atoms with van der Waals surface area (Å²) >= 11 is 6.38. The molecule has 5 heteroatoms. The number of nitrogens with zero attached hydrogens (tertiary/aromatic N) is 1. The predicted octanol–water partition coefficient (Wildman–Crippen LogP) is 4.05. The number of carbonyl (C=O) groups excluding carboxylic acids is 1. The van der Waals surface area contributed by atoms with Crippen LogP contribution in [0.4, 0.5) is 5.69 Å². The van der Waals surface area contributed by atoms with Crippen LogP contribution in [0, 0.1) is 6.92 Å². The predicted molar refractivity (Wildman–Crippen MR) is 91.8 cm³/mol. The highest BCUT2D eigenvalue weighted by Gasteiger charge is 2.26. The molecule has 0 saturated heterocycles. The lowest BCUT2D eigenvalue weighted by molar-refractivity contribution is 0.0935. The second-order valence-electron chi connectivity index (χ2n) is 5.61. The molecule has 3 aromatic rings. The normalized spacial score (nSPS) is 16.6. The van der Waals surface area contributed by atoms with Gasteiger partial charge in [0.2, 0.25) is 0 Å². The molecule has 0 saturated carbocycles. The standard InChI is InChI=1S/C18H14ClN3O/c1-10-5-4-6-11-9-13(16(19)21-15(10)11)17-20-14-8-3-2-7-12(14)18(23)22-17/h2-9,17,20H,1H3,(H,22,23). The smallest absolute Gasteiger partial charge is 0.255 e. The Morgan fingerprint density at radius 1 is 1.09 bits per heavy atom. The first-order valence-electron chi connectivity index (χ1n) is 7.36. The van der Waals surface area contributed by atoms with Gasteiger partial charge >= 0.3 is 0 Å². The zero-order valence-electron chi connectivity index (χ0n) is 12.4. The number of carbonyl (C=O) groups is 1. The number of para-hydroxylation sites is 2. The summed E-state index contributed by atoms with van der Waals surface area (Å²) in [5.74, 6) is -0.121. The van der Waals surface area contributed by atoms with Gasteiger partial charge in [0, 0.05) is 16.6 Å². The van der Waals surface area contributed by atoms with E-state index in [1.54, 1.807) is 6.07 Å². The van der Waals surface area contributed by atoms with Gasteiger partial charge in [0.05, 0.1) is 11.1 Å². The average molecular weight is 324 g/mol. The zero-order valence-corrected chi connectivity index (χ0v) is 13.2. The van der Waals surface area contributed by atoms with Crippen LogP contribution in [0.5, 0.6) is 0 Å². The van der Waals surface area contributed by atoms with Crippen molar-refractivity contribution in [2.75, 3.05) is 5.32 Å². The number of aryl methyl sites for hydroxylation is 1. The van der Waals surface area contributed by atoms with E-state index in [2.05, 4.69) is 15.6 Å². The lowest BCUT2D eigenvalue weighted by atomic mass is 10.0. The molecule has 1 unspecified atom stereocenters. The molecule has 2 heterocycles. The van der Waals surface area contributed by atoms with Gasteiger partial charge in [0.25, 0.3) is 5.91 Å². The van der Waals surface area contributed by atoms with Crippen LogP contribution in [-0.2, 0) is 0 Å². The van der Waals surface area contributed by atoms with Crippen LogP contribution in [0.3, 0.4) is 0 Å². The van der Waals surface area contributed by atoms with E-state index in [-0.39, 0.29) is 5.91 Å². The number of pyridine rings is 1. The number of aromatic nitrogens is 1. The summed E-state index contributed by atoms with van der Waals surface area (Å²) in [6.07, 6.45) is -0.401. The van der Waals surface area contributed by atoms with Gasteiger partial charge in [-0.05, 0) is 30.7 Å². The van der Waals surface area contributed by atoms with Crippen molar-refractivity contribution in [3.05, 3.63) is 70.4 Å². The minimum absolute atomic E-state index is 0.121. The Morgan fingerprint density at radius 3 is 2.78 bits per heavy atom. The third kappa shape index (κ3) is 2.32. The number of rotatable bonds is 1. The van der Waals surface area contributed by atoms with Gasteiger partial charge < -0.3 is 10.6 Å². The Hall–Kier alpha value is -2.59. The second kappa shape index (κ2) is 5.25. The maximum Gasteiger partial charge on any atom is 0.255 e. The van der Waals surface area contributed by atoms with E-state index in [0.29, 0.717) is 10.7 Å². The van der Waals surface area contributed by atoms with Gasteiger partial charge in [0.15, 0.2) is 0 Å². The lowest BCUT2D eigenvalue weighted by Gasteiger charge is -2.28. The van der Waals surface area contributed by atoms with Crippen molar-refractivity contribution in [3.8, 4) is 0 Å². The molecule has 0 fully saturated rings. The highest BCUT2D eigenvalue weighted by Crippen LogP contribution is 2.31. The van der Waals surface area contributed by atoms with Crippen LogP contribution in [0.1, 0.15) is 27.7 Å². The lowest BCUT2D eigenvalue weighted by Crippen LogP contribution is -2.38. The van der Waals surface area contributed by atoms with Gasteiger partial charge in [-0.1, -0.05) is 41.9 Å². The van der Waals surface area contributed by atoms with Crippen LogP contribution in [0.15, 0.2) is 48.5 Å². The molecule has 2 N–H and O–H groups in total. The Bertz CT molecular complexity index is 939. The molecule has 4 nitrogen and oxygen atoms in total. The van der Waals surface area contributed by atoms with Crippen molar-refractivity contribution < 1.29 is 4.79 Å². The molecule has 0 radical (unpaired) electrons. The van der Waals surface area contributed by atoms with Crippen molar-refractivity contribution in [3.63, 3.8) is 0 Å². The summed E-state index contributed by atoms with van der Waals surface area (Å²) in [6.45, 7) is 2.00. The summed E-state index contributed by atoms with van der Waals surface area (Å²) in [4.78, 5) is 16.8.